The highest BCUT2D eigenvalue weighted by atomic mass is 14.6. The van der Waals surface area contributed by atoms with E-state index in [4.69, 9.17) is 0 Å². The number of hydrogen-bond acceptors (Lipinski definition) is 0. The van der Waals surface area contributed by atoms with Crippen LogP contribution in [0.15, 0.2) is 0 Å². The molecule has 0 amide bonds. The molecule has 0 aromatic heterocycles. The molecule has 3 fully saturated rings. The lowest BCUT2D eigenvalue weighted by molar-refractivity contribution is 0.0181. The maximum Gasteiger partial charge on any atom is -0.0264 e. The lowest BCUT2D eigenvalue weighted by Crippen LogP contribution is -2.38. The zero-order valence-electron chi connectivity index (χ0n) is 7.41. The molecule has 0 unspecified atom stereocenters. The summed E-state index contributed by atoms with van der Waals surface area (Å²) in [5, 5.41) is 0. The van der Waals surface area contributed by atoms with E-state index in [0.29, 0.717) is 0 Å². The zero-order chi connectivity index (χ0) is 7.41. The molecule has 0 aromatic carbocycles. The smallest absolute Gasteiger partial charge is 0.0264 e. The Balaban J connectivity index is 2.13. The van der Waals surface area contributed by atoms with E-state index in [1.165, 1.54) is 25.7 Å². The first-order valence-electron chi connectivity index (χ1n) is 4.56. The molecule has 0 aromatic rings. The third kappa shape index (κ3) is 0.627. The lowest BCUT2D eigenvalue weighted by atomic mass is 9.57. The third-order valence-electron chi connectivity index (χ3n) is 4.01. The SMILES string of the molecule is CC(C)C12CCC(C)(C1)C2. The van der Waals surface area contributed by atoms with Crippen molar-refractivity contribution in [2.45, 2.75) is 46.5 Å². The lowest BCUT2D eigenvalue weighted by Gasteiger charge is -2.48. The molecule has 0 radical (unpaired) electrons. The van der Waals surface area contributed by atoms with Gasteiger partial charge in [-0.05, 0) is 42.4 Å². The Morgan fingerprint density at radius 1 is 1.10 bits per heavy atom. The van der Waals surface area contributed by atoms with Crippen LogP contribution in [0.4, 0.5) is 0 Å². The van der Waals surface area contributed by atoms with Gasteiger partial charge in [0.2, 0.25) is 0 Å². The van der Waals surface area contributed by atoms with Crippen LogP contribution in [0.1, 0.15) is 46.5 Å². The van der Waals surface area contributed by atoms with Gasteiger partial charge in [0.1, 0.15) is 0 Å². The van der Waals surface area contributed by atoms with Gasteiger partial charge in [0.15, 0.2) is 0 Å². The average molecular weight is 138 g/mol. The molecule has 0 saturated heterocycles. The molecule has 0 spiro atoms. The molecule has 3 rings (SSSR count). The van der Waals surface area contributed by atoms with Crippen molar-refractivity contribution >= 4 is 0 Å². The van der Waals surface area contributed by atoms with Crippen molar-refractivity contribution in [2.24, 2.45) is 16.7 Å². The van der Waals surface area contributed by atoms with E-state index in [1.807, 2.05) is 0 Å². The Labute approximate surface area is 64.0 Å². The summed E-state index contributed by atoms with van der Waals surface area (Å²) < 4.78 is 0. The second-order valence-electron chi connectivity index (χ2n) is 5.18. The van der Waals surface area contributed by atoms with Crippen LogP contribution in [0.2, 0.25) is 0 Å². The van der Waals surface area contributed by atoms with Crippen LogP contribution in [-0.4, -0.2) is 0 Å². The highest BCUT2D eigenvalue weighted by Crippen LogP contribution is 2.69. The van der Waals surface area contributed by atoms with Crippen molar-refractivity contribution < 1.29 is 0 Å². The summed E-state index contributed by atoms with van der Waals surface area (Å²) in [7, 11) is 0. The molecule has 58 valence electrons. The van der Waals surface area contributed by atoms with Gasteiger partial charge in [-0.1, -0.05) is 20.8 Å². The van der Waals surface area contributed by atoms with Crippen LogP contribution in [0.25, 0.3) is 0 Å². The molecule has 10 heavy (non-hydrogen) atoms. The normalized spacial score (nSPS) is 51.6. The molecule has 0 heteroatoms. The molecule has 0 atom stereocenters. The van der Waals surface area contributed by atoms with Crippen LogP contribution in [0, 0.1) is 16.7 Å². The summed E-state index contributed by atoms with van der Waals surface area (Å²) in [5.41, 5.74) is 1.58. The predicted octanol–water partition coefficient (Wildman–Crippen LogP) is 3.22. The summed E-state index contributed by atoms with van der Waals surface area (Å²) >= 11 is 0. The number of fused-ring (bicyclic) bond motifs is 1. The van der Waals surface area contributed by atoms with Crippen molar-refractivity contribution in [3.05, 3.63) is 0 Å². The molecule has 0 aliphatic heterocycles. The van der Waals surface area contributed by atoms with E-state index in [2.05, 4.69) is 20.8 Å². The minimum Gasteiger partial charge on any atom is -0.0622 e. The largest absolute Gasteiger partial charge is 0.0622 e. The molecule has 0 heterocycles. The number of hydrogen-bond donors (Lipinski definition) is 0. The van der Waals surface area contributed by atoms with Gasteiger partial charge < -0.3 is 0 Å². The van der Waals surface area contributed by atoms with Crippen LogP contribution >= 0.6 is 0 Å². The Morgan fingerprint density at radius 2 is 1.70 bits per heavy atom. The summed E-state index contributed by atoms with van der Waals surface area (Å²) in [6.07, 6.45) is 6.07. The highest BCUT2D eigenvalue weighted by molar-refractivity contribution is 5.09. The van der Waals surface area contributed by atoms with Gasteiger partial charge in [0.25, 0.3) is 0 Å². The fourth-order valence-corrected chi connectivity index (χ4v) is 3.25. The van der Waals surface area contributed by atoms with Crippen LogP contribution in [-0.2, 0) is 0 Å². The van der Waals surface area contributed by atoms with Crippen molar-refractivity contribution in [2.75, 3.05) is 0 Å². The van der Waals surface area contributed by atoms with Crippen LogP contribution < -0.4 is 0 Å². The maximum atomic E-state index is 2.46. The van der Waals surface area contributed by atoms with Gasteiger partial charge in [-0.25, -0.2) is 0 Å². The van der Waals surface area contributed by atoms with E-state index in [0.717, 1.165) is 16.7 Å². The van der Waals surface area contributed by atoms with Crippen LogP contribution in [0.5, 0.6) is 0 Å². The zero-order valence-corrected chi connectivity index (χ0v) is 7.41. The first-order valence-corrected chi connectivity index (χ1v) is 4.56. The second kappa shape index (κ2) is 1.60. The van der Waals surface area contributed by atoms with Gasteiger partial charge >= 0.3 is 0 Å². The molecule has 3 aliphatic rings. The standard InChI is InChI=1S/C10H18/c1-8(2)10-5-4-9(3,6-10)7-10/h8H,4-7H2,1-3H3. The van der Waals surface area contributed by atoms with Crippen molar-refractivity contribution in [1.29, 1.82) is 0 Å². The Hall–Kier alpha value is 0. The van der Waals surface area contributed by atoms with Gasteiger partial charge in [0.05, 0.1) is 0 Å². The molecule has 0 N–H and O–H groups in total. The van der Waals surface area contributed by atoms with Crippen molar-refractivity contribution in [3.8, 4) is 0 Å². The van der Waals surface area contributed by atoms with Gasteiger partial charge in [-0.3, -0.25) is 0 Å². The summed E-state index contributed by atoms with van der Waals surface area (Å²) in [6.45, 7) is 7.25. The quantitative estimate of drug-likeness (QED) is 0.522. The Morgan fingerprint density at radius 3 is 1.90 bits per heavy atom. The van der Waals surface area contributed by atoms with E-state index in [-0.39, 0.29) is 0 Å². The monoisotopic (exact) mass is 138 g/mol. The maximum absolute atomic E-state index is 2.46. The highest BCUT2D eigenvalue weighted by Gasteiger charge is 2.58. The van der Waals surface area contributed by atoms with Gasteiger partial charge in [0, 0.05) is 0 Å². The van der Waals surface area contributed by atoms with E-state index < -0.39 is 0 Å². The number of rotatable bonds is 1. The molecular formula is C10H18. The third-order valence-corrected chi connectivity index (χ3v) is 4.01. The topological polar surface area (TPSA) is 0 Å². The molecule has 3 saturated carbocycles. The van der Waals surface area contributed by atoms with Crippen molar-refractivity contribution in [1.82, 2.24) is 0 Å². The van der Waals surface area contributed by atoms with Gasteiger partial charge in [-0.2, -0.15) is 0 Å². The summed E-state index contributed by atoms with van der Waals surface area (Å²) in [6, 6.07) is 0. The molecule has 3 aliphatic carbocycles. The second-order valence-corrected chi connectivity index (χ2v) is 5.18. The molecular weight excluding hydrogens is 120 g/mol. The Kier molecular flexibility index (Phi) is 1.07. The van der Waals surface area contributed by atoms with E-state index in [9.17, 15) is 0 Å². The fourth-order valence-electron chi connectivity index (χ4n) is 3.25. The summed E-state index contributed by atoms with van der Waals surface area (Å²) in [4.78, 5) is 0. The summed E-state index contributed by atoms with van der Waals surface area (Å²) in [5.74, 6) is 0.933. The van der Waals surface area contributed by atoms with Crippen LogP contribution in [0.3, 0.4) is 0 Å². The first-order chi connectivity index (χ1) is 4.56. The molecule has 2 bridgehead atoms. The predicted molar refractivity (Wildman–Crippen MR) is 43.8 cm³/mol. The Bertz CT molecular complexity index is 149. The average Bonchev–Trinajstić information content (AvgIpc) is 2.19. The van der Waals surface area contributed by atoms with E-state index in [1.54, 1.807) is 0 Å². The first kappa shape index (κ1) is 6.69. The van der Waals surface area contributed by atoms with Crippen molar-refractivity contribution in [3.63, 3.8) is 0 Å². The minimum absolute atomic E-state index is 0.782. The fraction of sp³-hybridized carbons (Fsp3) is 1.00. The molecule has 0 nitrogen and oxygen atoms in total. The van der Waals surface area contributed by atoms with Gasteiger partial charge in [-0.15, -0.1) is 0 Å². The minimum atomic E-state index is 0.782. The van der Waals surface area contributed by atoms with E-state index >= 15 is 0 Å².